The van der Waals surface area contributed by atoms with Crippen LogP contribution in [-0.2, 0) is 0 Å². The van der Waals surface area contributed by atoms with Gasteiger partial charge in [0.25, 0.3) is 0 Å². The van der Waals surface area contributed by atoms with E-state index in [-0.39, 0.29) is 18.1 Å². The van der Waals surface area contributed by atoms with Gasteiger partial charge in [-0.15, -0.1) is 0 Å². The molecule has 11 heavy (non-hydrogen) atoms. The third-order valence-electron chi connectivity index (χ3n) is 2.09. The van der Waals surface area contributed by atoms with Gasteiger partial charge in [0.2, 0.25) is 0 Å². The van der Waals surface area contributed by atoms with Crippen molar-refractivity contribution >= 4 is 0 Å². The first kappa shape index (κ1) is 10.9. The Morgan fingerprint density at radius 3 is 1.55 bits per heavy atom. The standard InChI is InChI=1S/C9H20O2/c1-6(2)9(8(4)11)5-7(3)10/h6-11H,5H2,1-4H3/t7-,8+,9?/m1/s1. The molecule has 0 rings (SSSR count). The molecule has 2 nitrogen and oxygen atoms in total. The summed E-state index contributed by atoms with van der Waals surface area (Å²) in [5.41, 5.74) is 0. The summed E-state index contributed by atoms with van der Waals surface area (Å²) in [6.07, 6.45) is 0.0663. The van der Waals surface area contributed by atoms with E-state index >= 15 is 0 Å². The van der Waals surface area contributed by atoms with Crippen molar-refractivity contribution in [2.24, 2.45) is 11.8 Å². The average Bonchev–Trinajstić information content (AvgIpc) is 1.81. The van der Waals surface area contributed by atoms with E-state index in [0.717, 1.165) is 0 Å². The second-order valence-electron chi connectivity index (χ2n) is 3.73. The maximum atomic E-state index is 9.32. The van der Waals surface area contributed by atoms with E-state index in [1.54, 1.807) is 13.8 Å². The van der Waals surface area contributed by atoms with Gasteiger partial charge in [-0.2, -0.15) is 0 Å². The van der Waals surface area contributed by atoms with Crippen molar-refractivity contribution in [1.82, 2.24) is 0 Å². The molecule has 2 heteroatoms. The third-order valence-corrected chi connectivity index (χ3v) is 2.09. The minimum Gasteiger partial charge on any atom is -0.393 e. The molecule has 0 fully saturated rings. The van der Waals surface area contributed by atoms with E-state index < -0.39 is 0 Å². The molecule has 0 saturated carbocycles. The molecule has 0 aliphatic rings. The fourth-order valence-electron chi connectivity index (χ4n) is 1.42. The SMILES string of the molecule is CC(C)C(C[C@@H](C)O)[C@H](C)O. The summed E-state index contributed by atoms with van der Waals surface area (Å²) >= 11 is 0. The van der Waals surface area contributed by atoms with E-state index in [4.69, 9.17) is 5.11 Å². The van der Waals surface area contributed by atoms with E-state index in [1.807, 2.05) is 0 Å². The Kier molecular flexibility index (Phi) is 4.69. The minimum atomic E-state index is -0.315. The first-order valence-electron chi connectivity index (χ1n) is 4.31. The van der Waals surface area contributed by atoms with Gasteiger partial charge in [-0.1, -0.05) is 13.8 Å². The fourth-order valence-corrected chi connectivity index (χ4v) is 1.42. The summed E-state index contributed by atoms with van der Waals surface area (Å²) in [6, 6.07) is 0. The van der Waals surface area contributed by atoms with Gasteiger partial charge >= 0.3 is 0 Å². The van der Waals surface area contributed by atoms with Crippen molar-refractivity contribution in [3.8, 4) is 0 Å². The molecule has 3 atom stereocenters. The van der Waals surface area contributed by atoms with Crippen LogP contribution in [0.3, 0.4) is 0 Å². The van der Waals surface area contributed by atoms with Crippen LogP contribution in [0.25, 0.3) is 0 Å². The molecule has 1 unspecified atom stereocenters. The quantitative estimate of drug-likeness (QED) is 0.653. The number of hydrogen-bond donors (Lipinski definition) is 2. The third kappa shape index (κ3) is 4.38. The highest BCUT2D eigenvalue weighted by Crippen LogP contribution is 2.20. The van der Waals surface area contributed by atoms with Crippen LogP contribution in [0.2, 0.25) is 0 Å². The highest BCUT2D eigenvalue weighted by molar-refractivity contribution is 4.70. The summed E-state index contributed by atoms with van der Waals surface area (Å²) in [6.45, 7) is 7.68. The summed E-state index contributed by atoms with van der Waals surface area (Å²) in [5, 5.41) is 18.4. The van der Waals surface area contributed by atoms with Crippen LogP contribution in [0, 0.1) is 11.8 Å². The Morgan fingerprint density at radius 1 is 1.00 bits per heavy atom. The summed E-state index contributed by atoms with van der Waals surface area (Å²) in [5.74, 6) is 0.652. The molecule has 2 N–H and O–H groups in total. The second kappa shape index (κ2) is 4.73. The van der Waals surface area contributed by atoms with Gasteiger partial charge in [0.05, 0.1) is 12.2 Å². The lowest BCUT2D eigenvalue weighted by molar-refractivity contribution is 0.0552. The van der Waals surface area contributed by atoms with Gasteiger partial charge in [0, 0.05) is 0 Å². The highest BCUT2D eigenvalue weighted by Gasteiger charge is 2.20. The molecule has 0 heterocycles. The Hall–Kier alpha value is -0.0800. The number of aliphatic hydroxyl groups is 2. The first-order chi connectivity index (χ1) is 4.95. The van der Waals surface area contributed by atoms with E-state index in [2.05, 4.69) is 13.8 Å². The van der Waals surface area contributed by atoms with Gasteiger partial charge in [0.15, 0.2) is 0 Å². The minimum absolute atomic E-state index is 0.218. The molecule has 0 amide bonds. The van der Waals surface area contributed by atoms with Crippen molar-refractivity contribution in [1.29, 1.82) is 0 Å². The van der Waals surface area contributed by atoms with Crippen LogP contribution in [0.5, 0.6) is 0 Å². The zero-order valence-electron chi connectivity index (χ0n) is 7.91. The predicted molar refractivity (Wildman–Crippen MR) is 46.3 cm³/mol. The molecule has 0 aliphatic carbocycles. The van der Waals surface area contributed by atoms with Crippen molar-refractivity contribution < 1.29 is 10.2 Å². The maximum absolute atomic E-state index is 9.32. The molecule has 0 aromatic rings. The number of aliphatic hydroxyl groups excluding tert-OH is 2. The summed E-state index contributed by atoms with van der Waals surface area (Å²) in [7, 11) is 0. The molecule has 68 valence electrons. The molecule has 0 aromatic heterocycles. The lowest BCUT2D eigenvalue weighted by Crippen LogP contribution is -2.25. The number of rotatable bonds is 4. The average molecular weight is 160 g/mol. The van der Waals surface area contributed by atoms with Crippen LogP contribution in [0.1, 0.15) is 34.1 Å². The van der Waals surface area contributed by atoms with E-state index in [9.17, 15) is 5.11 Å². The Labute approximate surface area is 69.2 Å². The predicted octanol–water partition coefficient (Wildman–Crippen LogP) is 1.41. The lowest BCUT2D eigenvalue weighted by atomic mass is 9.86. The van der Waals surface area contributed by atoms with Gasteiger partial charge in [-0.25, -0.2) is 0 Å². The molecule has 0 aliphatic heterocycles. The Balaban J connectivity index is 3.90. The normalized spacial score (nSPS) is 19.9. The molecule has 0 saturated heterocycles. The van der Waals surface area contributed by atoms with Crippen LogP contribution in [-0.4, -0.2) is 22.4 Å². The van der Waals surface area contributed by atoms with Crippen molar-refractivity contribution in [3.05, 3.63) is 0 Å². The zero-order chi connectivity index (χ0) is 9.02. The van der Waals surface area contributed by atoms with Gasteiger partial charge in [-0.3, -0.25) is 0 Å². The van der Waals surface area contributed by atoms with Crippen LogP contribution in [0.15, 0.2) is 0 Å². The largest absolute Gasteiger partial charge is 0.393 e. The van der Waals surface area contributed by atoms with Crippen LogP contribution >= 0.6 is 0 Å². The first-order valence-corrected chi connectivity index (χ1v) is 4.31. The topological polar surface area (TPSA) is 40.5 Å². The van der Waals surface area contributed by atoms with Crippen LogP contribution in [0.4, 0.5) is 0 Å². The second-order valence-corrected chi connectivity index (χ2v) is 3.73. The van der Waals surface area contributed by atoms with Crippen molar-refractivity contribution in [3.63, 3.8) is 0 Å². The van der Waals surface area contributed by atoms with Crippen LogP contribution < -0.4 is 0 Å². The zero-order valence-corrected chi connectivity index (χ0v) is 7.91. The maximum Gasteiger partial charge on any atom is 0.0543 e. The Bertz CT molecular complexity index is 89.7. The molecular weight excluding hydrogens is 140 g/mol. The molecule has 0 aromatic carbocycles. The van der Waals surface area contributed by atoms with Gasteiger partial charge < -0.3 is 10.2 Å². The smallest absolute Gasteiger partial charge is 0.0543 e. The van der Waals surface area contributed by atoms with Gasteiger partial charge in [0.1, 0.15) is 0 Å². The fraction of sp³-hybridized carbons (Fsp3) is 1.00. The molecule has 0 spiro atoms. The summed E-state index contributed by atoms with van der Waals surface area (Å²) < 4.78 is 0. The van der Waals surface area contributed by atoms with Crippen molar-refractivity contribution in [2.75, 3.05) is 0 Å². The monoisotopic (exact) mass is 160 g/mol. The molecule has 0 bridgehead atoms. The Morgan fingerprint density at radius 2 is 1.45 bits per heavy atom. The molecular formula is C9H20O2. The van der Waals surface area contributed by atoms with Crippen molar-refractivity contribution in [2.45, 2.75) is 46.3 Å². The van der Waals surface area contributed by atoms with E-state index in [1.165, 1.54) is 0 Å². The molecule has 0 radical (unpaired) electrons. The highest BCUT2D eigenvalue weighted by atomic mass is 16.3. The lowest BCUT2D eigenvalue weighted by Gasteiger charge is -2.24. The van der Waals surface area contributed by atoms with E-state index in [0.29, 0.717) is 12.3 Å². The van der Waals surface area contributed by atoms with Gasteiger partial charge in [-0.05, 0) is 32.1 Å². The number of hydrogen-bond acceptors (Lipinski definition) is 2. The summed E-state index contributed by atoms with van der Waals surface area (Å²) in [4.78, 5) is 0.